The van der Waals surface area contributed by atoms with E-state index in [0.29, 0.717) is 24.8 Å². The van der Waals surface area contributed by atoms with Crippen molar-refractivity contribution in [1.29, 1.82) is 0 Å². The molecule has 1 saturated heterocycles. The maximum Gasteiger partial charge on any atom is 0.243 e. The van der Waals surface area contributed by atoms with Crippen molar-refractivity contribution < 1.29 is 17.9 Å². The molecule has 0 aliphatic carbocycles. The van der Waals surface area contributed by atoms with Crippen LogP contribution < -0.4 is 0 Å². The van der Waals surface area contributed by atoms with Crippen LogP contribution in [0.25, 0.3) is 0 Å². The molecule has 1 aliphatic heterocycles. The number of halogens is 1. The minimum atomic E-state index is -3.64. The van der Waals surface area contributed by atoms with Gasteiger partial charge in [0, 0.05) is 31.1 Å². The molecule has 3 rings (SSSR count). The fourth-order valence-electron chi connectivity index (χ4n) is 3.79. The Labute approximate surface area is 196 Å². The second-order valence-corrected chi connectivity index (χ2v) is 10.9. The average Bonchev–Trinajstić information content (AvgIpc) is 2.95. The molecule has 1 aliphatic rings. The highest BCUT2D eigenvalue weighted by Gasteiger charge is 2.33. The van der Waals surface area contributed by atoms with Gasteiger partial charge >= 0.3 is 0 Å². The van der Waals surface area contributed by atoms with E-state index in [1.807, 2.05) is 31.2 Å². The lowest BCUT2D eigenvalue weighted by atomic mass is 10.0. The van der Waals surface area contributed by atoms with Crippen LogP contribution in [0.3, 0.4) is 0 Å². The van der Waals surface area contributed by atoms with Gasteiger partial charge in [0.25, 0.3) is 0 Å². The van der Waals surface area contributed by atoms with Gasteiger partial charge in [-0.2, -0.15) is 4.31 Å². The van der Waals surface area contributed by atoms with Crippen molar-refractivity contribution in [3.05, 3.63) is 64.7 Å². The van der Waals surface area contributed by atoms with Gasteiger partial charge in [0.1, 0.15) is 0 Å². The fraction of sp³-hybridized carbons (Fsp3) is 0.458. The molecule has 0 saturated carbocycles. The average molecular weight is 479 g/mol. The predicted octanol–water partition coefficient (Wildman–Crippen LogP) is 4.11. The van der Waals surface area contributed by atoms with E-state index in [1.54, 1.807) is 29.2 Å². The molecule has 1 fully saturated rings. The van der Waals surface area contributed by atoms with Gasteiger partial charge in [0.05, 0.1) is 24.2 Å². The number of amides is 1. The second kappa shape index (κ2) is 10.8. The van der Waals surface area contributed by atoms with Crippen LogP contribution in [-0.4, -0.2) is 55.8 Å². The molecule has 0 N–H and O–H groups in total. The molecule has 0 radical (unpaired) electrons. The van der Waals surface area contributed by atoms with Crippen molar-refractivity contribution in [3.63, 3.8) is 0 Å². The first-order valence-electron chi connectivity index (χ1n) is 10.9. The molecule has 1 heterocycles. The molecule has 0 spiro atoms. The van der Waals surface area contributed by atoms with Gasteiger partial charge in [-0.15, -0.1) is 0 Å². The molecule has 6 nitrogen and oxygen atoms in total. The van der Waals surface area contributed by atoms with Gasteiger partial charge in [0.15, 0.2) is 0 Å². The summed E-state index contributed by atoms with van der Waals surface area (Å²) in [6, 6.07) is 14.2. The number of sulfonamides is 1. The summed E-state index contributed by atoms with van der Waals surface area (Å²) in [6.45, 7) is 7.62. The molecule has 8 heteroatoms. The minimum Gasteiger partial charge on any atom is -0.375 e. The first kappa shape index (κ1) is 24.7. The number of ether oxygens (including phenoxy) is 1. The molecule has 1 atom stereocenters. The van der Waals surface area contributed by atoms with Crippen molar-refractivity contribution in [2.24, 2.45) is 5.92 Å². The zero-order chi connectivity index (χ0) is 23.3. The number of rotatable bonds is 8. The number of aryl methyl sites for hydroxylation is 1. The van der Waals surface area contributed by atoms with E-state index in [0.717, 1.165) is 11.1 Å². The molecule has 0 bridgehead atoms. The van der Waals surface area contributed by atoms with E-state index in [2.05, 4.69) is 13.8 Å². The Morgan fingerprint density at radius 3 is 2.28 bits per heavy atom. The van der Waals surface area contributed by atoms with Crippen LogP contribution in [0, 0.1) is 12.8 Å². The number of benzene rings is 2. The standard InChI is InChI=1S/C24H31ClN2O4S/c1-18(2)23(17-31-16-20-6-8-21(25)9-7-20)27-15-14-26(13-12-24(27)28)32(29,30)22-10-4-19(3)5-11-22/h4-11,18,23H,12-17H2,1-3H3/t23-/m1/s1. The van der Waals surface area contributed by atoms with Gasteiger partial charge in [-0.1, -0.05) is 55.3 Å². The first-order chi connectivity index (χ1) is 15.2. The topological polar surface area (TPSA) is 66.9 Å². The van der Waals surface area contributed by atoms with E-state index < -0.39 is 10.0 Å². The Morgan fingerprint density at radius 1 is 1.00 bits per heavy atom. The largest absolute Gasteiger partial charge is 0.375 e. The third-order valence-corrected chi connectivity index (χ3v) is 7.95. The van der Waals surface area contributed by atoms with E-state index in [-0.39, 0.29) is 42.3 Å². The third kappa shape index (κ3) is 6.10. The van der Waals surface area contributed by atoms with E-state index in [4.69, 9.17) is 16.3 Å². The number of carbonyl (C=O) groups excluding carboxylic acids is 1. The highest BCUT2D eigenvalue weighted by molar-refractivity contribution is 7.89. The quantitative estimate of drug-likeness (QED) is 0.572. The lowest BCUT2D eigenvalue weighted by Gasteiger charge is -2.33. The van der Waals surface area contributed by atoms with Crippen LogP contribution in [0.4, 0.5) is 0 Å². The van der Waals surface area contributed by atoms with E-state index >= 15 is 0 Å². The Bertz CT molecular complexity index is 1010. The number of hydrogen-bond acceptors (Lipinski definition) is 4. The molecular formula is C24H31ClN2O4S. The monoisotopic (exact) mass is 478 g/mol. The summed E-state index contributed by atoms with van der Waals surface area (Å²) < 4.78 is 33.5. The normalized spacial score (nSPS) is 16.9. The Balaban J connectivity index is 1.66. The molecule has 1 amide bonds. The molecule has 2 aromatic rings. The predicted molar refractivity (Wildman–Crippen MR) is 126 cm³/mol. The second-order valence-electron chi connectivity index (χ2n) is 8.51. The van der Waals surface area contributed by atoms with Gasteiger partial charge in [0.2, 0.25) is 15.9 Å². The molecule has 174 valence electrons. The summed E-state index contributed by atoms with van der Waals surface area (Å²) in [6.07, 6.45) is 0.158. The van der Waals surface area contributed by atoms with Crippen molar-refractivity contribution in [1.82, 2.24) is 9.21 Å². The highest BCUT2D eigenvalue weighted by atomic mass is 35.5. The SMILES string of the molecule is Cc1ccc(S(=O)(=O)N2CCC(=O)N([C@H](COCc3ccc(Cl)cc3)C(C)C)CC2)cc1. The van der Waals surface area contributed by atoms with Crippen LogP contribution in [0.2, 0.25) is 5.02 Å². The smallest absolute Gasteiger partial charge is 0.243 e. The van der Waals surface area contributed by atoms with Crippen LogP contribution in [0.15, 0.2) is 53.4 Å². The lowest BCUT2D eigenvalue weighted by Crippen LogP contribution is -2.47. The summed E-state index contributed by atoms with van der Waals surface area (Å²) in [5.41, 5.74) is 2.01. The molecular weight excluding hydrogens is 448 g/mol. The first-order valence-corrected chi connectivity index (χ1v) is 12.7. The van der Waals surface area contributed by atoms with Crippen molar-refractivity contribution in [3.8, 4) is 0 Å². The third-order valence-electron chi connectivity index (χ3n) is 5.78. The van der Waals surface area contributed by atoms with Crippen LogP contribution in [-0.2, 0) is 26.2 Å². The van der Waals surface area contributed by atoms with Gasteiger partial charge in [-0.3, -0.25) is 4.79 Å². The summed E-state index contributed by atoms with van der Waals surface area (Å²) >= 11 is 5.93. The van der Waals surface area contributed by atoms with Crippen molar-refractivity contribution in [2.75, 3.05) is 26.2 Å². The lowest BCUT2D eigenvalue weighted by molar-refractivity contribution is -0.135. The zero-order valence-electron chi connectivity index (χ0n) is 18.8. The summed E-state index contributed by atoms with van der Waals surface area (Å²) in [5.74, 6) is 0.129. The summed E-state index contributed by atoms with van der Waals surface area (Å²) in [4.78, 5) is 15.0. The zero-order valence-corrected chi connectivity index (χ0v) is 20.4. The Kier molecular flexibility index (Phi) is 8.33. The maximum absolute atomic E-state index is 13.1. The highest BCUT2D eigenvalue weighted by Crippen LogP contribution is 2.22. The number of carbonyl (C=O) groups is 1. The maximum atomic E-state index is 13.1. The molecule has 2 aromatic carbocycles. The summed E-state index contributed by atoms with van der Waals surface area (Å²) in [5, 5.41) is 0.675. The van der Waals surface area contributed by atoms with Crippen molar-refractivity contribution in [2.45, 2.75) is 44.7 Å². The molecule has 0 unspecified atom stereocenters. The van der Waals surface area contributed by atoms with Crippen LogP contribution in [0.1, 0.15) is 31.4 Å². The van der Waals surface area contributed by atoms with Gasteiger partial charge < -0.3 is 9.64 Å². The molecule has 32 heavy (non-hydrogen) atoms. The Morgan fingerprint density at radius 2 is 1.66 bits per heavy atom. The van der Waals surface area contributed by atoms with E-state index in [1.165, 1.54) is 4.31 Å². The van der Waals surface area contributed by atoms with Gasteiger partial charge in [-0.25, -0.2) is 8.42 Å². The number of hydrogen-bond donors (Lipinski definition) is 0. The summed E-state index contributed by atoms with van der Waals surface area (Å²) in [7, 11) is -3.64. The van der Waals surface area contributed by atoms with Crippen molar-refractivity contribution >= 4 is 27.5 Å². The molecule has 0 aromatic heterocycles. The minimum absolute atomic E-state index is 0.0413. The van der Waals surface area contributed by atoms with Crippen LogP contribution >= 0.6 is 11.6 Å². The number of nitrogens with zero attached hydrogens (tertiary/aromatic N) is 2. The van der Waals surface area contributed by atoms with Crippen LogP contribution in [0.5, 0.6) is 0 Å². The van der Waals surface area contributed by atoms with E-state index in [9.17, 15) is 13.2 Å². The fourth-order valence-corrected chi connectivity index (χ4v) is 5.35. The van der Waals surface area contributed by atoms with Gasteiger partial charge in [-0.05, 0) is 42.7 Å². The Hall–Kier alpha value is -1.93.